The molecule has 1 aliphatic heterocycles. The molecule has 1 rings (SSSR count). The molecule has 0 aromatic heterocycles. The first kappa shape index (κ1) is 8.71. The van der Waals surface area contributed by atoms with E-state index in [9.17, 15) is 13.2 Å². The maximum absolute atomic E-state index is 11.2. The highest BCUT2D eigenvalue weighted by Gasteiger charge is 2.38. The van der Waals surface area contributed by atoms with E-state index in [0.717, 1.165) is 0 Å². The monoisotopic (exact) mass is 176 g/mol. The third-order valence-electron chi connectivity index (χ3n) is 2.00. The maximum Gasteiger partial charge on any atom is 0.160 e. The lowest BCUT2D eigenvalue weighted by molar-refractivity contribution is -0.116. The standard InChI is InChI=1S/C7H12O3S/c1-5(2)7-3-6(8)4-11(7,9)10/h5,7H,3-4H2,1-2H3. The van der Waals surface area contributed by atoms with E-state index in [1.54, 1.807) is 0 Å². The van der Waals surface area contributed by atoms with Gasteiger partial charge in [-0.3, -0.25) is 4.79 Å². The lowest BCUT2D eigenvalue weighted by Crippen LogP contribution is -2.21. The van der Waals surface area contributed by atoms with Crippen molar-refractivity contribution in [1.29, 1.82) is 0 Å². The molecule has 0 N–H and O–H groups in total. The zero-order chi connectivity index (χ0) is 8.65. The third-order valence-corrected chi connectivity index (χ3v) is 4.35. The smallest absolute Gasteiger partial charge is 0.160 e. The van der Waals surface area contributed by atoms with Crippen LogP contribution in [0.25, 0.3) is 0 Å². The van der Waals surface area contributed by atoms with Crippen molar-refractivity contribution in [3.63, 3.8) is 0 Å². The molecule has 4 heteroatoms. The summed E-state index contributed by atoms with van der Waals surface area (Å²) in [4.78, 5) is 10.8. The predicted octanol–water partition coefficient (Wildman–Crippen LogP) is 0.399. The van der Waals surface area contributed by atoms with Crippen LogP contribution in [0.5, 0.6) is 0 Å². The van der Waals surface area contributed by atoms with Crippen molar-refractivity contribution >= 4 is 15.6 Å². The average molecular weight is 176 g/mol. The lowest BCUT2D eigenvalue weighted by atomic mass is 10.1. The van der Waals surface area contributed by atoms with Gasteiger partial charge in [-0.2, -0.15) is 0 Å². The third kappa shape index (κ3) is 1.61. The van der Waals surface area contributed by atoms with Crippen LogP contribution in [0, 0.1) is 5.92 Å². The molecule has 64 valence electrons. The number of sulfone groups is 1. The van der Waals surface area contributed by atoms with Gasteiger partial charge in [0.2, 0.25) is 0 Å². The molecule has 0 aromatic rings. The van der Waals surface area contributed by atoms with Gasteiger partial charge in [0.15, 0.2) is 9.84 Å². The summed E-state index contributed by atoms with van der Waals surface area (Å²) < 4.78 is 22.4. The number of rotatable bonds is 1. The number of ketones is 1. The van der Waals surface area contributed by atoms with Crippen LogP contribution in [0.4, 0.5) is 0 Å². The number of hydrogen-bond acceptors (Lipinski definition) is 3. The zero-order valence-corrected chi connectivity index (χ0v) is 7.52. The average Bonchev–Trinajstić information content (AvgIpc) is 2.04. The maximum atomic E-state index is 11.2. The van der Waals surface area contributed by atoms with Crippen LogP contribution in [0.2, 0.25) is 0 Å². The Morgan fingerprint density at radius 1 is 1.45 bits per heavy atom. The van der Waals surface area contributed by atoms with E-state index in [0.29, 0.717) is 0 Å². The van der Waals surface area contributed by atoms with Gasteiger partial charge in [0.1, 0.15) is 11.5 Å². The van der Waals surface area contributed by atoms with E-state index in [4.69, 9.17) is 0 Å². The lowest BCUT2D eigenvalue weighted by Gasteiger charge is -2.10. The molecule has 1 fully saturated rings. The molecular weight excluding hydrogens is 164 g/mol. The molecule has 0 aliphatic carbocycles. The molecular formula is C7H12O3S. The molecule has 1 saturated heterocycles. The summed E-state index contributed by atoms with van der Waals surface area (Å²) in [6.45, 7) is 3.67. The molecule has 1 unspecified atom stereocenters. The summed E-state index contributed by atoms with van der Waals surface area (Å²) in [5.74, 6) is -0.314. The second kappa shape index (κ2) is 2.59. The van der Waals surface area contributed by atoms with Crippen molar-refractivity contribution in [2.45, 2.75) is 25.5 Å². The van der Waals surface area contributed by atoms with Crippen LogP contribution in [0.1, 0.15) is 20.3 Å². The fourth-order valence-electron chi connectivity index (χ4n) is 1.39. The molecule has 0 amide bonds. The van der Waals surface area contributed by atoms with Crippen molar-refractivity contribution in [2.24, 2.45) is 5.92 Å². The SMILES string of the molecule is CC(C)C1CC(=O)CS1(=O)=O. The highest BCUT2D eigenvalue weighted by atomic mass is 32.2. The molecule has 0 saturated carbocycles. The number of Topliss-reactive ketones (excluding diaryl/α,β-unsaturated/α-hetero) is 1. The molecule has 0 spiro atoms. The summed E-state index contributed by atoms with van der Waals surface area (Å²) in [6.07, 6.45) is 0.222. The van der Waals surface area contributed by atoms with Gasteiger partial charge in [-0.1, -0.05) is 13.8 Å². The summed E-state index contributed by atoms with van der Waals surface area (Å²) in [5.41, 5.74) is 0. The molecule has 11 heavy (non-hydrogen) atoms. The van der Waals surface area contributed by atoms with Gasteiger partial charge >= 0.3 is 0 Å². The van der Waals surface area contributed by atoms with Crippen LogP contribution in [-0.2, 0) is 14.6 Å². The topological polar surface area (TPSA) is 51.2 Å². The Balaban J connectivity index is 2.92. The van der Waals surface area contributed by atoms with Gasteiger partial charge in [-0.05, 0) is 5.92 Å². The molecule has 0 aromatic carbocycles. The predicted molar refractivity (Wildman–Crippen MR) is 42.0 cm³/mol. The Morgan fingerprint density at radius 3 is 2.18 bits per heavy atom. The fraction of sp³-hybridized carbons (Fsp3) is 0.857. The number of carbonyl (C=O) groups is 1. The Bertz CT molecular complexity index is 263. The van der Waals surface area contributed by atoms with Crippen molar-refractivity contribution in [3.8, 4) is 0 Å². The first-order valence-corrected chi connectivity index (χ1v) is 5.38. The Labute approximate surface area is 66.7 Å². The van der Waals surface area contributed by atoms with E-state index >= 15 is 0 Å². The first-order valence-electron chi connectivity index (χ1n) is 3.67. The summed E-state index contributed by atoms with van der Waals surface area (Å²) in [7, 11) is -3.09. The normalized spacial score (nSPS) is 29.7. The van der Waals surface area contributed by atoms with Gasteiger partial charge in [-0.25, -0.2) is 8.42 Å². The highest BCUT2D eigenvalue weighted by molar-refractivity contribution is 7.93. The quantitative estimate of drug-likeness (QED) is 0.581. The van der Waals surface area contributed by atoms with Gasteiger partial charge in [0.05, 0.1) is 5.25 Å². The van der Waals surface area contributed by atoms with E-state index in [-0.39, 0.29) is 23.9 Å². The van der Waals surface area contributed by atoms with Crippen molar-refractivity contribution in [1.82, 2.24) is 0 Å². The summed E-state index contributed by atoms with van der Waals surface area (Å²) in [5, 5.41) is -0.421. The van der Waals surface area contributed by atoms with Gasteiger partial charge in [-0.15, -0.1) is 0 Å². The van der Waals surface area contributed by atoms with Gasteiger partial charge in [0, 0.05) is 6.42 Å². The Kier molecular flexibility index (Phi) is 2.05. The molecule has 3 nitrogen and oxygen atoms in total. The molecule has 0 bridgehead atoms. The second-order valence-corrected chi connectivity index (χ2v) is 5.55. The van der Waals surface area contributed by atoms with E-state index < -0.39 is 15.1 Å². The fourth-order valence-corrected chi connectivity index (χ4v) is 3.44. The zero-order valence-electron chi connectivity index (χ0n) is 6.70. The molecule has 0 radical (unpaired) electrons. The number of carbonyl (C=O) groups excluding carboxylic acids is 1. The first-order chi connectivity index (χ1) is 4.93. The van der Waals surface area contributed by atoms with Crippen LogP contribution < -0.4 is 0 Å². The number of hydrogen-bond donors (Lipinski definition) is 0. The van der Waals surface area contributed by atoms with Gasteiger partial charge in [0.25, 0.3) is 0 Å². The van der Waals surface area contributed by atoms with E-state index in [2.05, 4.69) is 0 Å². The second-order valence-electron chi connectivity index (χ2n) is 3.33. The summed E-state index contributed by atoms with van der Waals surface area (Å²) >= 11 is 0. The van der Waals surface area contributed by atoms with Crippen molar-refractivity contribution in [2.75, 3.05) is 5.75 Å². The minimum absolute atomic E-state index is 0.0615. The van der Waals surface area contributed by atoms with Crippen LogP contribution in [0.15, 0.2) is 0 Å². The van der Waals surface area contributed by atoms with Crippen LogP contribution >= 0.6 is 0 Å². The molecule has 1 aliphatic rings. The van der Waals surface area contributed by atoms with E-state index in [1.165, 1.54) is 0 Å². The minimum Gasteiger partial charge on any atom is -0.299 e. The minimum atomic E-state index is -3.09. The van der Waals surface area contributed by atoms with Crippen LogP contribution in [-0.4, -0.2) is 25.2 Å². The molecule has 1 atom stereocenters. The summed E-state index contributed by atoms with van der Waals surface area (Å²) in [6, 6.07) is 0. The van der Waals surface area contributed by atoms with Crippen molar-refractivity contribution < 1.29 is 13.2 Å². The van der Waals surface area contributed by atoms with Crippen molar-refractivity contribution in [3.05, 3.63) is 0 Å². The van der Waals surface area contributed by atoms with Gasteiger partial charge < -0.3 is 0 Å². The Morgan fingerprint density at radius 2 is 2.00 bits per heavy atom. The highest BCUT2D eigenvalue weighted by Crippen LogP contribution is 2.23. The Hall–Kier alpha value is -0.380. The largest absolute Gasteiger partial charge is 0.299 e. The van der Waals surface area contributed by atoms with E-state index in [1.807, 2.05) is 13.8 Å². The van der Waals surface area contributed by atoms with Crippen LogP contribution in [0.3, 0.4) is 0 Å². The molecule has 1 heterocycles.